The van der Waals surface area contributed by atoms with Crippen LogP contribution in [0.2, 0.25) is 0 Å². The van der Waals surface area contributed by atoms with Gasteiger partial charge in [0, 0.05) is 12.6 Å². The average Bonchev–Trinajstić information content (AvgIpc) is 3.09. The number of hydrazine groups is 1. The van der Waals surface area contributed by atoms with Gasteiger partial charge in [-0.15, -0.1) is 5.10 Å². The van der Waals surface area contributed by atoms with Crippen LogP contribution in [0.15, 0.2) is 6.20 Å². The fourth-order valence-corrected chi connectivity index (χ4v) is 1.68. The summed E-state index contributed by atoms with van der Waals surface area (Å²) in [6, 6.07) is 0.378. The predicted molar refractivity (Wildman–Crippen MR) is 70.3 cm³/mol. The van der Waals surface area contributed by atoms with Gasteiger partial charge >= 0.3 is 0 Å². The molecule has 0 unspecified atom stereocenters. The van der Waals surface area contributed by atoms with Gasteiger partial charge in [0.15, 0.2) is 5.69 Å². The minimum Gasteiger partial charge on any atom is -0.352 e. The summed E-state index contributed by atoms with van der Waals surface area (Å²) >= 11 is 0. The highest BCUT2D eigenvalue weighted by Gasteiger charge is 2.23. The van der Waals surface area contributed by atoms with Crippen LogP contribution in [0.5, 0.6) is 0 Å². The van der Waals surface area contributed by atoms with Gasteiger partial charge in [0.05, 0.1) is 19.3 Å². The maximum absolute atomic E-state index is 11.6. The highest BCUT2D eigenvalue weighted by atomic mass is 16.2. The molecule has 0 aromatic carbocycles. The van der Waals surface area contributed by atoms with E-state index in [0.29, 0.717) is 25.7 Å². The Morgan fingerprint density at radius 2 is 2.30 bits per heavy atom. The molecule has 0 radical (unpaired) electrons. The number of carbonyl (C=O) groups excluding carboxylic acids is 2. The maximum Gasteiger partial charge on any atom is 0.287 e. The van der Waals surface area contributed by atoms with E-state index in [1.807, 2.05) is 17.4 Å². The van der Waals surface area contributed by atoms with Gasteiger partial charge in [-0.25, -0.2) is 5.84 Å². The van der Waals surface area contributed by atoms with Crippen molar-refractivity contribution >= 4 is 11.8 Å². The molecule has 1 aromatic rings. The summed E-state index contributed by atoms with van der Waals surface area (Å²) in [5, 5.41) is 10.4. The van der Waals surface area contributed by atoms with E-state index in [-0.39, 0.29) is 11.6 Å². The van der Waals surface area contributed by atoms with Crippen LogP contribution in [-0.4, -0.2) is 57.9 Å². The third-order valence-corrected chi connectivity index (χ3v) is 2.97. The van der Waals surface area contributed by atoms with Crippen LogP contribution < -0.4 is 16.6 Å². The molecule has 2 rings (SSSR count). The van der Waals surface area contributed by atoms with E-state index in [9.17, 15) is 9.59 Å². The fourth-order valence-electron chi connectivity index (χ4n) is 1.68. The van der Waals surface area contributed by atoms with E-state index < -0.39 is 5.91 Å². The van der Waals surface area contributed by atoms with Crippen molar-refractivity contribution in [1.29, 1.82) is 0 Å². The average molecular weight is 281 g/mol. The third kappa shape index (κ3) is 4.28. The Bertz CT molecular complexity index is 483. The second-order valence-electron chi connectivity index (χ2n) is 4.92. The third-order valence-electron chi connectivity index (χ3n) is 2.97. The molecule has 0 bridgehead atoms. The highest BCUT2D eigenvalue weighted by Crippen LogP contribution is 2.18. The Labute approximate surface area is 116 Å². The van der Waals surface area contributed by atoms with Crippen molar-refractivity contribution < 1.29 is 9.59 Å². The standard InChI is InChI=1S/C11H19N7O2/c1-17(7-10(19)13-8-2-3-8)4-5-18-6-9(15-16-18)11(20)14-12/h6,8H,2-5,7,12H2,1H3,(H,13,19)(H,14,20). The van der Waals surface area contributed by atoms with Crippen LogP contribution in [0.3, 0.4) is 0 Å². The normalized spacial score (nSPS) is 14.3. The quantitative estimate of drug-likeness (QED) is 0.305. The second kappa shape index (κ2) is 6.44. The fraction of sp³-hybridized carbons (Fsp3) is 0.636. The number of aromatic nitrogens is 3. The van der Waals surface area contributed by atoms with Crippen LogP contribution >= 0.6 is 0 Å². The number of nitrogens with two attached hydrogens (primary N) is 1. The van der Waals surface area contributed by atoms with Gasteiger partial charge in [-0.3, -0.25) is 24.6 Å². The summed E-state index contributed by atoms with van der Waals surface area (Å²) in [6.07, 6.45) is 3.68. The molecule has 20 heavy (non-hydrogen) atoms. The lowest BCUT2D eigenvalue weighted by molar-refractivity contribution is -0.122. The molecular weight excluding hydrogens is 262 g/mol. The smallest absolute Gasteiger partial charge is 0.287 e. The van der Waals surface area contributed by atoms with Crippen molar-refractivity contribution in [3.05, 3.63) is 11.9 Å². The van der Waals surface area contributed by atoms with Crippen molar-refractivity contribution in [2.45, 2.75) is 25.4 Å². The summed E-state index contributed by atoms with van der Waals surface area (Å²) in [5.74, 6) is 4.57. The molecule has 4 N–H and O–H groups in total. The molecule has 0 aliphatic heterocycles. The number of likely N-dealkylation sites (N-methyl/N-ethyl adjacent to an activating group) is 1. The second-order valence-corrected chi connectivity index (χ2v) is 4.92. The summed E-state index contributed by atoms with van der Waals surface area (Å²) in [5.41, 5.74) is 2.16. The number of amides is 2. The van der Waals surface area contributed by atoms with Gasteiger partial charge in [0.2, 0.25) is 5.91 Å². The van der Waals surface area contributed by atoms with Crippen molar-refractivity contribution in [3.63, 3.8) is 0 Å². The van der Waals surface area contributed by atoms with Gasteiger partial charge in [-0.2, -0.15) is 0 Å². The molecule has 2 amide bonds. The minimum absolute atomic E-state index is 0.0387. The molecule has 0 spiro atoms. The Morgan fingerprint density at radius 1 is 1.55 bits per heavy atom. The maximum atomic E-state index is 11.6. The first-order valence-electron chi connectivity index (χ1n) is 6.47. The van der Waals surface area contributed by atoms with Gasteiger partial charge < -0.3 is 5.32 Å². The zero-order valence-electron chi connectivity index (χ0n) is 11.4. The Hall–Kier alpha value is -2.00. The lowest BCUT2D eigenvalue weighted by Gasteiger charge is -2.15. The Balaban J connectivity index is 1.71. The van der Waals surface area contributed by atoms with Crippen molar-refractivity contribution in [2.24, 2.45) is 5.84 Å². The lowest BCUT2D eigenvalue weighted by Crippen LogP contribution is -2.37. The van der Waals surface area contributed by atoms with Gasteiger partial charge in [0.25, 0.3) is 5.91 Å². The van der Waals surface area contributed by atoms with Crippen molar-refractivity contribution in [2.75, 3.05) is 20.1 Å². The predicted octanol–water partition coefficient (Wildman–Crippen LogP) is -1.91. The topological polar surface area (TPSA) is 118 Å². The van der Waals surface area contributed by atoms with Crippen LogP contribution in [-0.2, 0) is 11.3 Å². The van der Waals surface area contributed by atoms with E-state index in [0.717, 1.165) is 12.8 Å². The first-order chi connectivity index (χ1) is 9.58. The van der Waals surface area contributed by atoms with Crippen molar-refractivity contribution in [3.8, 4) is 0 Å². The number of hydrogen-bond acceptors (Lipinski definition) is 6. The molecule has 1 saturated carbocycles. The van der Waals surface area contributed by atoms with Gasteiger partial charge in [-0.05, 0) is 19.9 Å². The molecule has 9 nitrogen and oxygen atoms in total. The molecule has 1 aliphatic rings. The highest BCUT2D eigenvalue weighted by molar-refractivity contribution is 5.91. The number of carbonyl (C=O) groups is 2. The van der Waals surface area contributed by atoms with E-state index in [1.54, 1.807) is 4.68 Å². The Kier molecular flexibility index (Phi) is 4.64. The van der Waals surface area contributed by atoms with Crippen LogP contribution in [0.4, 0.5) is 0 Å². The summed E-state index contributed by atoms with van der Waals surface area (Å²) in [4.78, 5) is 24.7. The molecule has 9 heteroatoms. The zero-order chi connectivity index (χ0) is 14.5. The lowest BCUT2D eigenvalue weighted by atomic mass is 10.4. The van der Waals surface area contributed by atoms with E-state index in [4.69, 9.17) is 5.84 Å². The Morgan fingerprint density at radius 3 is 2.95 bits per heavy atom. The van der Waals surface area contributed by atoms with E-state index in [1.165, 1.54) is 6.20 Å². The summed E-state index contributed by atoms with van der Waals surface area (Å²) in [6.45, 7) is 1.52. The SMILES string of the molecule is CN(CCn1cc(C(=O)NN)nn1)CC(=O)NC1CC1. The number of nitrogens with one attached hydrogen (secondary N) is 2. The molecule has 1 fully saturated rings. The molecule has 1 aromatic heterocycles. The molecule has 1 heterocycles. The summed E-state index contributed by atoms with van der Waals surface area (Å²) in [7, 11) is 1.86. The molecule has 0 saturated heterocycles. The number of rotatable bonds is 7. The summed E-state index contributed by atoms with van der Waals surface area (Å²) < 4.78 is 1.54. The minimum atomic E-state index is -0.478. The van der Waals surface area contributed by atoms with Crippen LogP contribution in [0, 0.1) is 0 Å². The number of nitrogen functional groups attached to an aromatic ring is 1. The van der Waals surface area contributed by atoms with E-state index in [2.05, 4.69) is 15.6 Å². The van der Waals surface area contributed by atoms with Gasteiger partial charge in [0.1, 0.15) is 0 Å². The molecule has 0 atom stereocenters. The molecular formula is C11H19N7O2. The van der Waals surface area contributed by atoms with Crippen molar-refractivity contribution in [1.82, 2.24) is 30.6 Å². The van der Waals surface area contributed by atoms with Crippen LogP contribution in [0.1, 0.15) is 23.3 Å². The molecule has 1 aliphatic carbocycles. The monoisotopic (exact) mass is 281 g/mol. The first kappa shape index (κ1) is 14.4. The van der Waals surface area contributed by atoms with Gasteiger partial charge in [-0.1, -0.05) is 5.21 Å². The number of nitrogens with zero attached hydrogens (tertiary/aromatic N) is 4. The number of hydrogen-bond donors (Lipinski definition) is 3. The van der Waals surface area contributed by atoms with Crippen LogP contribution in [0.25, 0.3) is 0 Å². The largest absolute Gasteiger partial charge is 0.352 e. The zero-order valence-corrected chi connectivity index (χ0v) is 11.4. The first-order valence-corrected chi connectivity index (χ1v) is 6.47. The molecule has 110 valence electrons. The van der Waals surface area contributed by atoms with E-state index >= 15 is 0 Å².